The number of aliphatic hydroxyl groups is 11. The molecule has 0 bridgehead atoms. The van der Waals surface area contributed by atoms with Gasteiger partial charge in [0.15, 0.2) is 30.7 Å². The van der Waals surface area contributed by atoms with Crippen molar-refractivity contribution in [2.75, 3.05) is 19.8 Å². The van der Waals surface area contributed by atoms with Crippen LogP contribution in [0.4, 0.5) is 0 Å². The highest BCUT2D eigenvalue weighted by Crippen LogP contribution is 2.76. The van der Waals surface area contributed by atoms with Crippen LogP contribution in [0.2, 0.25) is 0 Å². The van der Waals surface area contributed by atoms with E-state index in [0.29, 0.717) is 19.3 Å². The number of carbonyl (C=O) groups is 2. The van der Waals surface area contributed by atoms with E-state index >= 15 is 0 Å². The monoisotopic (exact) mass is 1080 g/mol. The van der Waals surface area contributed by atoms with Crippen LogP contribution in [0.15, 0.2) is 23.2 Å². The van der Waals surface area contributed by atoms with Crippen LogP contribution in [-0.2, 0) is 47.5 Å². The minimum atomic E-state index is -2.12. The number of carboxylic acids is 1. The van der Waals surface area contributed by atoms with Crippen LogP contribution in [0.1, 0.15) is 120 Å². The number of allylic oxidation sites excluding steroid dienone is 4. The first-order valence-corrected chi connectivity index (χ1v) is 27.2. The Morgan fingerprint density at radius 3 is 1.88 bits per heavy atom. The Morgan fingerprint density at radius 2 is 1.26 bits per heavy atom. The number of hydrogen-bond donors (Lipinski definition) is 12. The molecule has 0 amide bonds. The van der Waals surface area contributed by atoms with Gasteiger partial charge >= 0.3 is 5.97 Å². The second-order valence-electron chi connectivity index (χ2n) is 25.8. The molecule has 7 fully saturated rings. The predicted octanol–water partition coefficient (Wildman–Crippen LogP) is 0.806. The van der Waals surface area contributed by atoms with Crippen molar-refractivity contribution < 1.29 is 109 Å². The van der Waals surface area contributed by atoms with Crippen LogP contribution in [0.5, 0.6) is 0 Å². The van der Waals surface area contributed by atoms with E-state index in [1.54, 1.807) is 6.92 Å². The van der Waals surface area contributed by atoms with Crippen molar-refractivity contribution in [3.05, 3.63) is 23.2 Å². The van der Waals surface area contributed by atoms with Crippen LogP contribution < -0.4 is 0 Å². The normalized spacial score (nSPS) is 52.3. The zero-order valence-corrected chi connectivity index (χ0v) is 44.8. The van der Waals surface area contributed by atoms with Crippen molar-refractivity contribution in [1.29, 1.82) is 0 Å². The summed E-state index contributed by atoms with van der Waals surface area (Å²) in [6.45, 7) is 15.5. The van der Waals surface area contributed by atoms with Gasteiger partial charge in [0, 0.05) is 10.8 Å². The number of carbonyl (C=O) groups excluding carboxylic acids is 1. The molecule has 0 aromatic carbocycles. The Morgan fingerprint density at radius 1 is 0.658 bits per heavy atom. The Kier molecular flexibility index (Phi) is 15.9. The van der Waals surface area contributed by atoms with Gasteiger partial charge in [-0.1, -0.05) is 60.1 Å². The number of Topliss-reactive ketones (excluding diaryl/α,β-unsaturated/α-hetero) is 1. The lowest BCUT2D eigenvalue weighted by Gasteiger charge is -2.72. The SMILES string of the molecule is CC1=C(O)C(=O)C[C@H](O[C@@H]2CC(C)(C)C[C@H]3C4=CC[C@@H]5[C@@]6(C)CC[C@H](O[C@@H]7O[C@H](C(=O)O)[C@@H](O)[C@H](O)[C@H]7O[C@@H]7O[C@H](CO)[C@@H](O)[C@H](O)[C@H]7O[C@@H]7O[C@H](CO)[C@@H](O)[C@H](O)[C@H]7O)[C@](C)(CO)[C@@H]6CC[C@@]5(C)[C@]4(C)CC[C@@]23C)O1. The highest BCUT2D eigenvalue weighted by molar-refractivity contribution is 5.94. The lowest BCUT2D eigenvalue weighted by atomic mass is 9.33. The highest BCUT2D eigenvalue weighted by atomic mass is 16.8. The molecule has 0 aromatic rings. The minimum Gasteiger partial charge on any atom is -0.502 e. The molecule has 5 aliphatic carbocycles. The second kappa shape index (κ2) is 20.8. The largest absolute Gasteiger partial charge is 0.502 e. The molecule has 4 aliphatic heterocycles. The van der Waals surface area contributed by atoms with Gasteiger partial charge in [-0.25, -0.2) is 4.79 Å². The molecule has 26 atom stereocenters. The molecule has 4 heterocycles. The highest BCUT2D eigenvalue weighted by Gasteiger charge is 2.70. The molecule has 0 spiro atoms. The Balaban J connectivity index is 0.980. The summed E-state index contributed by atoms with van der Waals surface area (Å²) in [5.74, 6) is -2.02. The number of aliphatic carboxylic acids is 1. The number of hydrogen-bond acceptors (Lipinski definition) is 21. The van der Waals surface area contributed by atoms with Gasteiger partial charge in [-0.2, -0.15) is 0 Å². The Bertz CT molecular complexity index is 2220. The van der Waals surface area contributed by atoms with Gasteiger partial charge in [0.05, 0.1) is 38.4 Å². The summed E-state index contributed by atoms with van der Waals surface area (Å²) in [5, 5.41) is 129. The number of carboxylic acid groups (broad SMARTS) is 1. The van der Waals surface area contributed by atoms with Crippen molar-refractivity contribution in [3.8, 4) is 0 Å². The molecular formula is C54H84O22. The summed E-state index contributed by atoms with van der Waals surface area (Å²) >= 11 is 0. The maximum Gasteiger partial charge on any atom is 0.335 e. The topological polar surface area (TPSA) is 351 Å². The summed E-state index contributed by atoms with van der Waals surface area (Å²) in [5.41, 5.74) is -0.626. The molecule has 0 radical (unpaired) electrons. The summed E-state index contributed by atoms with van der Waals surface area (Å²) in [6.07, 6.45) is -20.7. The third kappa shape index (κ3) is 9.31. The number of aliphatic hydroxyl groups excluding tert-OH is 11. The van der Waals surface area contributed by atoms with Crippen molar-refractivity contribution in [2.24, 2.45) is 50.2 Å². The van der Waals surface area contributed by atoms with E-state index < -0.39 is 135 Å². The molecule has 0 aromatic heterocycles. The molecule has 76 heavy (non-hydrogen) atoms. The smallest absolute Gasteiger partial charge is 0.335 e. The average Bonchev–Trinajstić information content (AvgIpc) is 3.54. The van der Waals surface area contributed by atoms with Gasteiger partial charge in [-0.3, -0.25) is 4.79 Å². The van der Waals surface area contributed by atoms with Crippen molar-refractivity contribution in [2.45, 2.75) is 230 Å². The second-order valence-corrected chi connectivity index (χ2v) is 25.8. The van der Waals surface area contributed by atoms with Gasteiger partial charge < -0.3 is 99.2 Å². The van der Waals surface area contributed by atoms with E-state index in [4.69, 9.17) is 37.9 Å². The van der Waals surface area contributed by atoms with E-state index in [1.807, 2.05) is 6.92 Å². The number of rotatable bonds is 12. The fraction of sp³-hybridized carbons (Fsp3) is 0.889. The standard InChI is InChI=1S/C54H84O22/c1-23-34(59)26(58)17-33(69-23)72-32-19-49(2,3)18-25-24-9-10-30-51(5)13-12-31(52(6,22-57)29(51)11-14-54(30,8)53(24,7)16-15-50(25,32)4)73-48-44(40(65)39(64)42(74-48)45(67)68)76-47-43(38(63)36(61)28(21-56)71-47)75-46-41(66)37(62)35(60)27(20-55)70-46/h9,25,27-33,35-44,46-48,55-57,59-66H,10-22H2,1-8H3,(H,67,68)/t25-,27+,28+,29+,30+,31-,32+,33-,35+,36+,37-,38-,39-,40-,41+,42-,43+,44+,46-,47-,48+,50+,51-,52+,53+,54+/m0/s1. The summed E-state index contributed by atoms with van der Waals surface area (Å²) in [7, 11) is 0. The van der Waals surface area contributed by atoms with Crippen LogP contribution in [0.25, 0.3) is 0 Å². The molecule has 0 unspecified atom stereocenters. The average molecular weight is 1090 g/mol. The molecule has 432 valence electrons. The quantitative estimate of drug-likeness (QED) is 0.0950. The maximum absolute atomic E-state index is 12.7. The molecule has 3 saturated heterocycles. The molecule has 4 saturated carbocycles. The van der Waals surface area contributed by atoms with Crippen molar-refractivity contribution in [3.63, 3.8) is 0 Å². The fourth-order valence-corrected chi connectivity index (χ4v) is 16.3. The van der Waals surface area contributed by atoms with Crippen molar-refractivity contribution >= 4 is 11.8 Å². The summed E-state index contributed by atoms with van der Waals surface area (Å²) < 4.78 is 48.9. The summed E-state index contributed by atoms with van der Waals surface area (Å²) in [4.78, 5) is 25.3. The van der Waals surface area contributed by atoms with Crippen molar-refractivity contribution in [1.82, 2.24) is 0 Å². The van der Waals surface area contributed by atoms with Crippen LogP contribution in [-0.4, -0.2) is 203 Å². The molecule has 9 aliphatic rings. The molecular weight excluding hydrogens is 1000 g/mol. The van der Waals surface area contributed by atoms with E-state index in [-0.39, 0.29) is 75.5 Å². The van der Waals surface area contributed by atoms with E-state index in [2.05, 4.69) is 47.6 Å². The van der Waals surface area contributed by atoms with E-state index in [9.17, 15) is 70.9 Å². The maximum atomic E-state index is 12.7. The first kappa shape index (κ1) is 58.2. The van der Waals surface area contributed by atoms with Gasteiger partial charge in [-0.15, -0.1) is 0 Å². The molecule has 22 heteroatoms. The first-order valence-electron chi connectivity index (χ1n) is 27.2. The third-order valence-corrected chi connectivity index (χ3v) is 21.1. The molecule has 9 rings (SSSR count). The van der Waals surface area contributed by atoms with Gasteiger partial charge in [-0.05, 0) is 104 Å². The summed E-state index contributed by atoms with van der Waals surface area (Å²) in [6, 6.07) is 0. The molecule has 12 N–H and O–H groups in total. The van der Waals surface area contributed by atoms with Gasteiger partial charge in [0.2, 0.25) is 12.1 Å². The zero-order valence-electron chi connectivity index (χ0n) is 44.8. The predicted molar refractivity (Wildman–Crippen MR) is 261 cm³/mol. The Labute approximate surface area is 442 Å². The van der Waals surface area contributed by atoms with E-state index in [1.165, 1.54) is 5.57 Å². The van der Waals surface area contributed by atoms with Crippen LogP contribution in [0.3, 0.4) is 0 Å². The zero-order chi connectivity index (χ0) is 55.6. The van der Waals surface area contributed by atoms with Crippen LogP contribution >= 0.6 is 0 Å². The Hall–Kier alpha value is -2.46. The lowest BCUT2D eigenvalue weighted by molar-refractivity contribution is -0.397. The fourth-order valence-electron chi connectivity index (χ4n) is 16.3. The van der Waals surface area contributed by atoms with Crippen LogP contribution in [0, 0.1) is 50.2 Å². The number of ether oxygens (including phenoxy) is 8. The van der Waals surface area contributed by atoms with Gasteiger partial charge in [0.1, 0.15) is 72.9 Å². The number of ketones is 1. The van der Waals surface area contributed by atoms with E-state index in [0.717, 1.165) is 38.5 Å². The molecule has 22 nitrogen and oxygen atoms in total. The third-order valence-electron chi connectivity index (χ3n) is 21.1. The van der Waals surface area contributed by atoms with Gasteiger partial charge in [0.25, 0.3) is 0 Å². The lowest BCUT2D eigenvalue weighted by Crippen LogP contribution is -2.68. The first-order chi connectivity index (χ1) is 35.5. The minimum absolute atomic E-state index is 0.0552. The number of fused-ring (bicyclic) bond motifs is 7.